The van der Waals surface area contributed by atoms with Crippen LogP contribution in [-0.2, 0) is 6.54 Å². The first-order chi connectivity index (χ1) is 13.3. The number of piperazine rings is 1. The normalized spacial score (nSPS) is 16.6. The molecule has 0 aliphatic carbocycles. The van der Waals surface area contributed by atoms with Crippen molar-refractivity contribution in [1.29, 1.82) is 0 Å². The zero-order chi connectivity index (χ0) is 18.5. The van der Waals surface area contributed by atoms with Gasteiger partial charge in [0.05, 0.1) is 6.20 Å². The third-order valence-corrected chi connectivity index (χ3v) is 4.88. The maximum Gasteiger partial charge on any atom is 0.247 e. The van der Waals surface area contributed by atoms with E-state index in [-0.39, 0.29) is 0 Å². The second kappa shape index (κ2) is 8.39. The summed E-state index contributed by atoms with van der Waals surface area (Å²) in [5.41, 5.74) is 1.24. The van der Waals surface area contributed by atoms with Gasteiger partial charge in [0.25, 0.3) is 0 Å². The highest BCUT2D eigenvalue weighted by atomic mass is 16.7. The molecule has 8 heteroatoms. The van der Waals surface area contributed by atoms with Gasteiger partial charge in [-0.1, -0.05) is 19.4 Å². The summed E-state index contributed by atoms with van der Waals surface area (Å²) in [6, 6.07) is 6.18. The number of nitrogens with one attached hydrogen (secondary N) is 1. The van der Waals surface area contributed by atoms with Crippen molar-refractivity contribution in [3.63, 3.8) is 0 Å². The molecule has 1 N–H and O–H groups in total. The minimum Gasteiger partial charge on any atom is -0.454 e. The highest BCUT2D eigenvalue weighted by Crippen LogP contribution is 2.32. The number of benzene rings is 1. The van der Waals surface area contributed by atoms with Crippen LogP contribution >= 0.6 is 0 Å². The van der Waals surface area contributed by atoms with Crippen LogP contribution in [0.25, 0.3) is 0 Å². The van der Waals surface area contributed by atoms with Gasteiger partial charge in [-0.3, -0.25) is 4.90 Å². The van der Waals surface area contributed by atoms with E-state index in [2.05, 4.69) is 49.4 Å². The first kappa shape index (κ1) is 17.8. The van der Waals surface area contributed by atoms with Gasteiger partial charge in [-0.25, -0.2) is 0 Å². The zero-order valence-corrected chi connectivity index (χ0v) is 15.7. The molecule has 2 aliphatic rings. The highest BCUT2D eigenvalue weighted by molar-refractivity contribution is 5.44. The van der Waals surface area contributed by atoms with Crippen LogP contribution in [0.4, 0.5) is 11.8 Å². The van der Waals surface area contributed by atoms with Gasteiger partial charge >= 0.3 is 0 Å². The first-order valence-electron chi connectivity index (χ1n) is 9.61. The fourth-order valence-corrected chi connectivity index (χ4v) is 3.31. The van der Waals surface area contributed by atoms with Gasteiger partial charge in [0.15, 0.2) is 17.3 Å². The van der Waals surface area contributed by atoms with Gasteiger partial charge in [0, 0.05) is 39.3 Å². The molecule has 0 amide bonds. The average Bonchev–Trinajstić information content (AvgIpc) is 3.17. The average molecular weight is 370 g/mol. The summed E-state index contributed by atoms with van der Waals surface area (Å²) < 4.78 is 10.9. The van der Waals surface area contributed by atoms with Crippen molar-refractivity contribution in [1.82, 2.24) is 20.1 Å². The highest BCUT2D eigenvalue weighted by Gasteiger charge is 2.21. The summed E-state index contributed by atoms with van der Waals surface area (Å²) in [7, 11) is 0. The molecule has 0 unspecified atom stereocenters. The molecule has 0 atom stereocenters. The lowest BCUT2D eigenvalue weighted by atomic mass is 10.1. The van der Waals surface area contributed by atoms with E-state index in [9.17, 15) is 0 Å². The Balaban J connectivity index is 1.30. The van der Waals surface area contributed by atoms with Crippen LogP contribution in [-0.4, -0.2) is 59.6 Å². The van der Waals surface area contributed by atoms with E-state index in [0.717, 1.165) is 69.4 Å². The number of unbranched alkanes of at least 4 members (excludes halogenated alkanes) is 1. The van der Waals surface area contributed by atoms with Crippen molar-refractivity contribution in [3.05, 3.63) is 30.0 Å². The maximum absolute atomic E-state index is 5.47. The Morgan fingerprint density at radius 1 is 1.11 bits per heavy atom. The Bertz CT molecular complexity index is 764. The molecule has 3 heterocycles. The van der Waals surface area contributed by atoms with E-state index in [4.69, 9.17) is 9.47 Å². The van der Waals surface area contributed by atoms with Crippen LogP contribution in [0.1, 0.15) is 25.3 Å². The Hall–Kier alpha value is -2.61. The number of hydrogen-bond acceptors (Lipinski definition) is 8. The number of nitrogens with zero attached hydrogens (tertiary/aromatic N) is 5. The van der Waals surface area contributed by atoms with Gasteiger partial charge in [-0.2, -0.15) is 10.1 Å². The van der Waals surface area contributed by atoms with Crippen LogP contribution in [0, 0.1) is 0 Å². The number of anilines is 2. The third kappa shape index (κ3) is 4.39. The zero-order valence-electron chi connectivity index (χ0n) is 15.7. The Morgan fingerprint density at radius 2 is 1.96 bits per heavy atom. The minimum atomic E-state index is 0.317. The Morgan fingerprint density at radius 3 is 2.81 bits per heavy atom. The SMILES string of the molecule is CCCCNc1cnnc(N2CCN(Cc3ccc4c(c3)OCO4)CC2)n1. The molecule has 0 saturated carbocycles. The number of rotatable bonds is 7. The second-order valence-corrected chi connectivity index (χ2v) is 6.87. The summed E-state index contributed by atoms with van der Waals surface area (Å²) >= 11 is 0. The van der Waals surface area contributed by atoms with Crippen molar-refractivity contribution in [2.24, 2.45) is 0 Å². The molecule has 144 valence electrons. The van der Waals surface area contributed by atoms with Crippen LogP contribution in [0.15, 0.2) is 24.4 Å². The fraction of sp³-hybridized carbons (Fsp3) is 0.526. The number of ether oxygens (including phenoxy) is 2. The predicted molar refractivity (Wildman–Crippen MR) is 103 cm³/mol. The quantitative estimate of drug-likeness (QED) is 0.743. The summed E-state index contributed by atoms with van der Waals surface area (Å²) in [5.74, 6) is 3.19. The lowest BCUT2D eigenvalue weighted by Gasteiger charge is -2.34. The molecular formula is C19H26N6O2. The van der Waals surface area contributed by atoms with Crippen molar-refractivity contribution >= 4 is 11.8 Å². The van der Waals surface area contributed by atoms with Gasteiger partial charge in [0.2, 0.25) is 12.7 Å². The van der Waals surface area contributed by atoms with Crippen molar-refractivity contribution < 1.29 is 9.47 Å². The van der Waals surface area contributed by atoms with Crippen LogP contribution < -0.4 is 19.7 Å². The molecule has 2 aromatic rings. The van der Waals surface area contributed by atoms with Crippen molar-refractivity contribution in [2.45, 2.75) is 26.3 Å². The summed E-state index contributed by atoms with van der Waals surface area (Å²) in [6.07, 6.45) is 3.97. The molecule has 8 nitrogen and oxygen atoms in total. The number of fused-ring (bicyclic) bond motifs is 1. The van der Waals surface area contributed by atoms with E-state index in [1.54, 1.807) is 6.20 Å². The molecule has 2 aliphatic heterocycles. The molecular weight excluding hydrogens is 344 g/mol. The Labute approximate surface area is 159 Å². The number of aromatic nitrogens is 3. The summed E-state index contributed by atoms with van der Waals surface area (Å²) in [6.45, 7) is 8.03. The lowest BCUT2D eigenvalue weighted by Crippen LogP contribution is -2.46. The second-order valence-electron chi connectivity index (χ2n) is 6.87. The topological polar surface area (TPSA) is 75.6 Å². The maximum atomic E-state index is 5.47. The monoisotopic (exact) mass is 370 g/mol. The largest absolute Gasteiger partial charge is 0.454 e. The van der Waals surface area contributed by atoms with Gasteiger partial charge < -0.3 is 19.7 Å². The van der Waals surface area contributed by atoms with Gasteiger partial charge in [0.1, 0.15) is 0 Å². The molecule has 1 aromatic carbocycles. The Kier molecular flexibility index (Phi) is 5.53. The van der Waals surface area contributed by atoms with E-state index in [0.29, 0.717) is 12.7 Å². The lowest BCUT2D eigenvalue weighted by molar-refractivity contribution is 0.174. The molecule has 1 fully saturated rings. The predicted octanol–water partition coefficient (Wildman–Crippen LogP) is 2.13. The van der Waals surface area contributed by atoms with E-state index in [1.807, 2.05) is 6.07 Å². The molecule has 0 spiro atoms. The van der Waals surface area contributed by atoms with E-state index < -0.39 is 0 Å². The molecule has 0 bridgehead atoms. The van der Waals surface area contributed by atoms with Crippen molar-refractivity contribution in [3.8, 4) is 11.5 Å². The summed E-state index contributed by atoms with van der Waals surface area (Å²) in [5, 5.41) is 11.6. The molecule has 27 heavy (non-hydrogen) atoms. The fourth-order valence-electron chi connectivity index (χ4n) is 3.31. The molecule has 4 rings (SSSR count). The third-order valence-electron chi connectivity index (χ3n) is 4.88. The van der Waals surface area contributed by atoms with Crippen LogP contribution in [0.5, 0.6) is 11.5 Å². The molecule has 0 radical (unpaired) electrons. The van der Waals surface area contributed by atoms with Crippen LogP contribution in [0.3, 0.4) is 0 Å². The van der Waals surface area contributed by atoms with Crippen molar-refractivity contribution in [2.75, 3.05) is 49.7 Å². The first-order valence-corrected chi connectivity index (χ1v) is 9.61. The van der Waals surface area contributed by atoms with Gasteiger partial charge in [-0.05, 0) is 24.1 Å². The van der Waals surface area contributed by atoms with E-state index >= 15 is 0 Å². The standard InChI is InChI=1S/C19H26N6O2/c1-2-3-6-20-18-12-21-23-19(22-18)25-9-7-24(8-10-25)13-15-4-5-16-17(11-15)27-14-26-16/h4-5,11-12H,2-3,6-10,13-14H2,1H3,(H,20,22,23). The van der Waals surface area contributed by atoms with E-state index in [1.165, 1.54) is 5.56 Å². The number of hydrogen-bond donors (Lipinski definition) is 1. The molecule has 1 saturated heterocycles. The smallest absolute Gasteiger partial charge is 0.247 e. The van der Waals surface area contributed by atoms with Gasteiger partial charge in [-0.15, -0.1) is 5.10 Å². The van der Waals surface area contributed by atoms with Crippen LogP contribution in [0.2, 0.25) is 0 Å². The minimum absolute atomic E-state index is 0.317. The molecule has 1 aromatic heterocycles. The summed E-state index contributed by atoms with van der Waals surface area (Å²) in [4.78, 5) is 9.25.